The van der Waals surface area contributed by atoms with Crippen LogP contribution in [-0.4, -0.2) is 36.5 Å². The first kappa shape index (κ1) is 15.3. The molecule has 0 spiro atoms. The van der Waals surface area contributed by atoms with Crippen molar-refractivity contribution >= 4 is 5.91 Å². The molecule has 3 rings (SSSR count). The molecule has 1 aromatic rings. The fourth-order valence-electron chi connectivity index (χ4n) is 3.31. The van der Waals surface area contributed by atoms with Gasteiger partial charge in [0.25, 0.3) is 0 Å². The van der Waals surface area contributed by atoms with E-state index in [-0.39, 0.29) is 5.91 Å². The molecule has 4 heteroatoms. The minimum Gasteiger partial charge on any atom is -0.497 e. The summed E-state index contributed by atoms with van der Waals surface area (Å²) in [4.78, 5) is 14.4. The van der Waals surface area contributed by atoms with Crippen LogP contribution in [0, 0.1) is 5.92 Å². The van der Waals surface area contributed by atoms with Crippen LogP contribution in [0.5, 0.6) is 5.75 Å². The van der Waals surface area contributed by atoms with Crippen LogP contribution < -0.4 is 10.5 Å². The van der Waals surface area contributed by atoms with Crippen molar-refractivity contribution in [3.8, 4) is 5.75 Å². The van der Waals surface area contributed by atoms with Gasteiger partial charge in [-0.2, -0.15) is 0 Å². The van der Waals surface area contributed by atoms with Crippen LogP contribution in [0.4, 0.5) is 0 Å². The van der Waals surface area contributed by atoms with Crippen LogP contribution in [-0.2, 0) is 11.2 Å². The Bertz CT molecular complexity index is 522. The first-order valence-electron chi connectivity index (χ1n) is 8.32. The summed E-state index contributed by atoms with van der Waals surface area (Å²) < 4.78 is 5.19. The molecule has 1 aliphatic carbocycles. The second-order valence-corrected chi connectivity index (χ2v) is 6.80. The molecular formula is C18H26N2O2. The average Bonchev–Trinajstić information content (AvgIpc) is 3.32. The Kier molecular flexibility index (Phi) is 4.39. The number of nitrogens with zero attached hydrogens (tertiary/aromatic N) is 1. The van der Waals surface area contributed by atoms with Gasteiger partial charge in [-0.05, 0) is 62.1 Å². The van der Waals surface area contributed by atoms with E-state index < -0.39 is 5.54 Å². The van der Waals surface area contributed by atoms with E-state index in [0.29, 0.717) is 5.92 Å². The van der Waals surface area contributed by atoms with Crippen molar-refractivity contribution in [2.24, 2.45) is 11.7 Å². The molecule has 0 bridgehead atoms. The lowest BCUT2D eigenvalue weighted by atomic mass is 9.91. The first-order chi connectivity index (χ1) is 10.6. The molecule has 120 valence electrons. The van der Waals surface area contributed by atoms with Gasteiger partial charge >= 0.3 is 0 Å². The summed E-state index contributed by atoms with van der Waals surface area (Å²) in [6.07, 6.45) is 6.24. The van der Waals surface area contributed by atoms with E-state index in [4.69, 9.17) is 10.5 Å². The number of hydrogen-bond acceptors (Lipinski definition) is 3. The number of aryl methyl sites for hydroxylation is 1. The number of piperidine rings is 1. The van der Waals surface area contributed by atoms with Gasteiger partial charge < -0.3 is 15.4 Å². The van der Waals surface area contributed by atoms with E-state index in [1.165, 1.54) is 12.0 Å². The second kappa shape index (κ2) is 6.29. The quantitative estimate of drug-likeness (QED) is 0.908. The molecular weight excluding hydrogens is 276 g/mol. The number of hydrogen-bond donors (Lipinski definition) is 1. The third kappa shape index (κ3) is 3.43. The number of methoxy groups -OCH3 is 1. The molecule has 1 aromatic carbocycles. The SMILES string of the molecule is COc1ccc(CCC2CCCN(C(=O)C3(N)CC3)C2)cc1. The van der Waals surface area contributed by atoms with Gasteiger partial charge in [-0.25, -0.2) is 0 Å². The van der Waals surface area contributed by atoms with Crippen LogP contribution in [0.15, 0.2) is 24.3 Å². The highest BCUT2D eigenvalue weighted by Gasteiger charge is 2.48. The summed E-state index contributed by atoms with van der Waals surface area (Å²) in [7, 11) is 1.69. The number of ether oxygens (including phenoxy) is 1. The summed E-state index contributed by atoms with van der Waals surface area (Å²) in [6, 6.07) is 8.28. The molecule has 1 saturated carbocycles. The topological polar surface area (TPSA) is 55.6 Å². The van der Waals surface area contributed by atoms with Gasteiger partial charge in [-0.15, -0.1) is 0 Å². The average molecular weight is 302 g/mol. The molecule has 1 amide bonds. The van der Waals surface area contributed by atoms with Crippen LogP contribution in [0.2, 0.25) is 0 Å². The number of carbonyl (C=O) groups is 1. The Labute approximate surface area is 132 Å². The molecule has 2 N–H and O–H groups in total. The van der Waals surface area contributed by atoms with Gasteiger partial charge in [-0.1, -0.05) is 12.1 Å². The van der Waals surface area contributed by atoms with E-state index in [1.807, 2.05) is 17.0 Å². The molecule has 2 fully saturated rings. The summed E-state index contributed by atoms with van der Waals surface area (Å²) in [5, 5.41) is 0. The van der Waals surface area contributed by atoms with Gasteiger partial charge in [0.1, 0.15) is 5.75 Å². The maximum atomic E-state index is 12.4. The zero-order valence-corrected chi connectivity index (χ0v) is 13.4. The molecule has 1 atom stereocenters. The lowest BCUT2D eigenvalue weighted by Gasteiger charge is -2.34. The van der Waals surface area contributed by atoms with Crippen molar-refractivity contribution in [3.05, 3.63) is 29.8 Å². The number of amides is 1. The molecule has 22 heavy (non-hydrogen) atoms. The third-order valence-corrected chi connectivity index (χ3v) is 5.02. The normalized spacial score (nSPS) is 23.2. The van der Waals surface area contributed by atoms with Gasteiger partial charge in [-0.3, -0.25) is 4.79 Å². The smallest absolute Gasteiger partial charge is 0.242 e. The lowest BCUT2D eigenvalue weighted by molar-refractivity contribution is -0.135. The molecule has 1 heterocycles. The summed E-state index contributed by atoms with van der Waals surface area (Å²) in [5.41, 5.74) is 6.87. The van der Waals surface area contributed by atoms with Gasteiger partial charge in [0.15, 0.2) is 0 Å². The summed E-state index contributed by atoms with van der Waals surface area (Å²) in [5.74, 6) is 1.68. The van der Waals surface area contributed by atoms with Crippen molar-refractivity contribution in [1.82, 2.24) is 4.90 Å². The van der Waals surface area contributed by atoms with Crippen molar-refractivity contribution in [2.45, 2.75) is 44.1 Å². The van der Waals surface area contributed by atoms with Crippen LogP contribution in [0.1, 0.15) is 37.7 Å². The van der Waals surface area contributed by atoms with Gasteiger partial charge in [0, 0.05) is 13.1 Å². The highest BCUT2D eigenvalue weighted by Crippen LogP contribution is 2.35. The van der Waals surface area contributed by atoms with Crippen LogP contribution in [0.3, 0.4) is 0 Å². The van der Waals surface area contributed by atoms with E-state index in [2.05, 4.69) is 12.1 Å². The van der Waals surface area contributed by atoms with E-state index in [0.717, 1.165) is 50.9 Å². The Morgan fingerprint density at radius 3 is 2.73 bits per heavy atom. The molecule has 0 radical (unpaired) electrons. The fraction of sp³-hybridized carbons (Fsp3) is 0.611. The maximum Gasteiger partial charge on any atom is 0.242 e. The van der Waals surface area contributed by atoms with Crippen molar-refractivity contribution in [3.63, 3.8) is 0 Å². The Hall–Kier alpha value is -1.55. The van der Waals surface area contributed by atoms with E-state index in [1.54, 1.807) is 7.11 Å². The number of rotatable bonds is 5. The molecule has 0 aromatic heterocycles. The monoisotopic (exact) mass is 302 g/mol. The van der Waals surface area contributed by atoms with Gasteiger partial charge in [0.2, 0.25) is 5.91 Å². The Morgan fingerprint density at radius 1 is 1.36 bits per heavy atom. The van der Waals surface area contributed by atoms with Crippen molar-refractivity contribution < 1.29 is 9.53 Å². The van der Waals surface area contributed by atoms with Gasteiger partial charge in [0.05, 0.1) is 12.6 Å². The summed E-state index contributed by atoms with van der Waals surface area (Å²) >= 11 is 0. The minimum atomic E-state index is -0.516. The molecule has 1 aliphatic heterocycles. The fourth-order valence-corrected chi connectivity index (χ4v) is 3.31. The first-order valence-corrected chi connectivity index (χ1v) is 8.32. The Balaban J connectivity index is 1.50. The zero-order valence-electron chi connectivity index (χ0n) is 13.4. The second-order valence-electron chi connectivity index (χ2n) is 6.80. The minimum absolute atomic E-state index is 0.182. The van der Waals surface area contributed by atoms with Crippen molar-refractivity contribution in [2.75, 3.05) is 20.2 Å². The van der Waals surface area contributed by atoms with E-state index >= 15 is 0 Å². The van der Waals surface area contributed by atoms with Crippen molar-refractivity contribution in [1.29, 1.82) is 0 Å². The van der Waals surface area contributed by atoms with Crippen LogP contribution in [0.25, 0.3) is 0 Å². The lowest BCUT2D eigenvalue weighted by Crippen LogP contribution is -2.49. The predicted molar refractivity (Wildman–Crippen MR) is 86.8 cm³/mol. The molecule has 1 unspecified atom stereocenters. The number of nitrogens with two attached hydrogens (primary N) is 1. The molecule has 2 aliphatic rings. The largest absolute Gasteiger partial charge is 0.497 e. The zero-order chi connectivity index (χ0) is 15.6. The standard InChI is InChI=1S/C18H26N2O2/c1-22-16-8-6-14(7-9-16)4-5-15-3-2-12-20(13-15)17(21)18(19)10-11-18/h6-9,15H,2-5,10-13,19H2,1H3. The highest BCUT2D eigenvalue weighted by atomic mass is 16.5. The number of carbonyl (C=O) groups excluding carboxylic acids is 1. The number of benzene rings is 1. The summed E-state index contributed by atoms with van der Waals surface area (Å²) in [6.45, 7) is 1.77. The predicted octanol–water partition coefficient (Wildman–Crippen LogP) is 2.36. The third-order valence-electron chi connectivity index (χ3n) is 5.02. The number of likely N-dealkylation sites (tertiary alicyclic amines) is 1. The highest BCUT2D eigenvalue weighted by molar-refractivity contribution is 5.89. The van der Waals surface area contributed by atoms with E-state index in [9.17, 15) is 4.79 Å². The molecule has 4 nitrogen and oxygen atoms in total. The van der Waals surface area contributed by atoms with Crippen LogP contribution >= 0.6 is 0 Å². The molecule has 1 saturated heterocycles. The Morgan fingerprint density at radius 2 is 2.09 bits per heavy atom. The maximum absolute atomic E-state index is 12.4.